The van der Waals surface area contributed by atoms with Crippen LogP contribution in [0.2, 0.25) is 0 Å². The first-order chi connectivity index (χ1) is 9.06. The molecule has 1 N–H and O–H groups in total. The lowest BCUT2D eigenvalue weighted by Gasteiger charge is -2.36. The number of hydrogen-bond donors (Lipinski definition) is 1. The zero-order valence-electron chi connectivity index (χ0n) is 11.1. The predicted molar refractivity (Wildman–Crippen MR) is 77.0 cm³/mol. The lowest BCUT2D eigenvalue weighted by Crippen LogP contribution is -2.37. The summed E-state index contributed by atoms with van der Waals surface area (Å²) in [5.41, 5.74) is 0.0515. The zero-order valence-corrected chi connectivity index (χ0v) is 11.9. The molecule has 5 heteroatoms. The molecule has 1 fully saturated rings. The minimum atomic E-state index is -0.990. The van der Waals surface area contributed by atoms with Crippen LogP contribution in [-0.4, -0.2) is 26.6 Å². The molecule has 0 bridgehead atoms. The number of aromatic nitrogens is 1. The number of carbonyl (C=O) groups is 1. The standard InChI is InChI=1S/C14H19NO3S/c1-19-14(7-3-2-4-8-14)10-15-9-11(13(17)18)5-6-12(15)16/h5-6,9H,2-4,7-8,10H2,1H3,(H,17,18). The molecule has 1 aliphatic rings. The number of pyridine rings is 1. The summed E-state index contributed by atoms with van der Waals surface area (Å²) in [5.74, 6) is -0.990. The Morgan fingerprint density at radius 3 is 2.63 bits per heavy atom. The molecule has 0 aliphatic heterocycles. The molecule has 0 atom stereocenters. The summed E-state index contributed by atoms with van der Waals surface area (Å²) in [6, 6.07) is 2.72. The molecule has 1 saturated carbocycles. The molecule has 1 heterocycles. The van der Waals surface area contributed by atoms with Crippen LogP contribution in [0.1, 0.15) is 42.5 Å². The molecule has 0 unspecified atom stereocenters. The van der Waals surface area contributed by atoms with Crippen molar-refractivity contribution < 1.29 is 9.90 Å². The van der Waals surface area contributed by atoms with Gasteiger partial charge in [-0.1, -0.05) is 19.3 Å². The molecule has 1 aliphatic carbocycles. The third-order valence-electron chi connectivity index (χ3n) is 3.89. The quantitative estimate of drug-likeness (QED) is 0.921. The Morgan fingerprint density at radius 2 is 2.05 bits per heavy atom. The highest BCUT2D eigenvalue weighted by Crippen LogP contribution is 2.39. The average molecular weight is 281 g/mol. The summed E-state index contributed by atoms with van der Waals surface area (Å²) >= 11 is 1.80. The van der Waals surface area contributed by atoms with E-state index in [1.165, 1.54) is 37.6 Å². The lowest BCUT2D eigenvalue weighted by molar-refractivity contribution is 0.0695. The van der Waals surface area contributed by atoms with Gasteiger partial charge in [0, 0.05) is 23.6 Å². The van der Waals surface area contributed by atoms with Crippen molar-refractivity contribution in [2.24, 2.45) is 0 Å². The number of carboxylic acid groups (broad SMARTS) is 1. The number of thioether (sulfide) groups is 1. The highest BCUT2D eigenvalue weighted by Gasteiger charge is 2.31. The van der Waals surface area contributed by atoms with Crippen LogP contribution < -0.4 is 5.56 Å². The highest BCUT2D eigenvalue weighted by atomic mass is 32.2. The Labute approximate surface area is 116 Å². The molecule has 2 rings (SSSR count). The van der Waals surface area contributed by atoms with Gasteiger partial charge in [0.2, 0.25) is 0 Å². The Hall–Kier alpha value is -1.23. The number of rotatable bonds is 4. The van der Waals surface area contributed by atoms with E-state index in [2.05, 4.69) is 6.26 Å². The molecule has 4 nitrogen and oxygen atoms in total. The molecule has 0 saturated heterocycles. The van der Waals surface area contributed by atoms with Crippen molar-refractivity contribution >= 4 is 17.7 Å². The molecule has 0 amide bonds. The van der Waals surface area contributed by atoms with Crippen molar-refractivity contribution in [2.45, 2.75) is 43.4 Å². The fourth-order valence-electron chi connectivity index (χ4n) is 2.71. The van der Waals surface area contributed by atoms with Gasteiger partial charge in [0.15, 0.2) is 0 Å². The second-order valence-corrected chi connectivity index (χ2v) is 6.41. The molecule has 0 spiro atoms. The third-order valence-corrected chi connectivity index (χ3v) is 5.29. The van der Waals surface area contributed by atoms with Gasteiger partial charge >= 0.3 is 5.97 Å². The smallest absolute Gasteiger partial charge is 0.337 e. The van der Waals surface area contributed by atoms with Gasteiger partial charge in [-0.15, -0.1) is 0 Å². The van der Waals surface area contributed by atoms with Crippen LogP contribution in [0.15, 0.2) is 23.1 Å². The normalized spacial score (nSPS) is 18.2. The van der Waals surface area contributed by atoms with Crippen LogP contribution in [0.4, 0.5) is 0 Å². The summed E-state index contributed by atoms with van der Waals surface area (Å²) in [6.45, 7) is 0.605. The van der Waals surface area contributed by atoms with Crippen LogP contribution in [0.25, 0.3) is 0 Å². The Morgan fingerprint density at radius 1 is 1.37 bits per heavy atom. The molecule has 0 aromatic carbocycles. The van der Waals surface area contributed by atoms with E-state index >= 15 is 0 Å². The fraction of sp³-hybridized carbons (Fsp3) is 0.571. The summed E-state index contributed by atoms with van der Waals surface area (Å²) < 4.78 is 1.64. The highest BCUT2D eigenvalue weighted by molar-refractivity contribution is 8.00. The van der Waals surface area contributed by atoms with Gasteiger partial charge in [0.1, 0.15) is 0 Å². The monoisotopic (exact) mass is 281 g/mol. The van der Waals surface area contributed by atoms with Gasteiger partial charge < -0.3 is 9.67 Å². The van der Waals surface area contributed by atoms with E-state index in [1.54, 1.807) is 16.3 Å². The molecule has 0 radical (unpaired) electrons. The predicted octanol–water partition coefficient (Wildman–Crippen LogP) is 2.61. The van der Waals surface area contributed by atoms with E-state index < -0.39 is 5.97 Å². The number of nitrogens with zero attached hydrogens (tertiary/aromatic N) is 1. The van der Waals surface area contributed by atoms with E-state index in [9.17, 15) is 9.59 Å². The van der Waals surface area contributed by atoms with E-state index in [0.717, 1.165) is 12.8 Å². The van der Waals surface area contributed by atoms with Gasteiger partial charge in [-0.25, -0.2) is 4.79 Å². The lowest BCUT2D eigenvalue weighted by atomic mass is 9.88. The minimum Gasteiger partial charge on any atom is -0.478 e. The number of hydrogen-bond acceptors (Lipinski definition) is 3. The van der Waals surface area contributed by atoms with Crippen LogP contribution in [-0.2, 0) is 6.54 Å². The topological polar surface area (TPSA) is 59.3 Å². The molecular weight excluding hydrogens is 262 g/mol. The maximum atomic E-state index is 11.9. The van der Waals surface area contributed by atoms with Gasteiger partial charge in [-0.05, 0) is 25.2 Å². The number of carboxylic acids is 1. The Kier molecular flexibility index (Phi) is 4.34. The summed E-state index contributed by atoms with van der Waals surface area (Å²) in [5, 5.41) is 9.01. The summed E-state index contributed by atoms with van der Waals surface area (Å²) in [6.07, 6.45) is 9.37. The summed E-state index contributed by atoms with van der Waals surface area (Å²) in [4.78, 5) is 22.9. The van der Waals surface area contributed by atoms with E-state index in [0.29, 0.717) is 6.54 Å². The third kappa shape index (κ3) is 3.21. The molecule has 104 valence electrons. The van der Waals surface area contributed by atoms with Crippen molar-refractivity contribution in [3.63, 3.8) is 0 Å². The maximum absolute atomic E-state index is 11.9. The van der Waals surface area contributed by atoms with E-state index in [4.69, 9.17) is 5.11 Å². The van der Waals surface area contributed by atoms with Crippen LogP contribution >= 0.6 is 11.8 Å². The second kappa shape index (κ2) is 5.82. The van der Waals surface area contributed by atoms with Crippen molar-refractivity contribution in [1.29, 1.82) is 0 Å². The Bertz CT molecular complexity index is 518. The van der Waals surface area contributed by atoms with Crippen LogP contribution in [0.3, 0.4) is 0 Å². The van der Waals surface area contributed by atoms with Crippen LogP contribution in [0.5, 0.6) is 0 Å². The largest absolute Gasteiger partial charge is 0.478 e. The Balaban J connectivity index is 2.28. The first-order valence-corrected chi connectivity index (χ1v) is 7.78. The zero-order chi connectivity index (χ0) is 13.9. The second-order valence-electron chi connectivity index (χ2n) is 5.14. The first-order valence-electron chi connectivity index (χ1n) is 6.55. The average Bonchev–Trinajstić information content (AvgIpc) is 2.42. The van der Waals surface area contributed by atoms with Gasteiger partial charge in [-0.2, -0.15) is 11.8 Å². The van der Waals surface area contributed by atoms with E-state index in [1.807, 2.05) is 0 Å². The minimum absolute atomic E-state index is 0.0825. The molecule has 1 aromatic rings. The SMILES string of the molecule is CSC1(Cn2cc(C(=O)O)ccc2=O)CCCCC1. The van der Waals surface area contributed by atoms with Crippen molar-refractivity contribution in [2.75, 3.05) is 6.26 Å². The van der Waals surface area contributed by atoms with Crippen LogP contribution in [0, 0.1) is 0 Å². The fourth-order valence-corrected chi connectivity index (χ4v) is 3.68. The van der Waals surface area contributed by atoms with E-state index in [-0.39, 0.29) is 15.9 Å². The van der Waals surface area contributed by atoms with Crippen molar-refractivity contribution in [3.8, 4) is 0 Å². The van der Waals surface area contributed by atoms with Crippen molar-refractivity contribution in [1.82, 2.24) is 4.57 Å². The molecular formula is C14H19NO3S. The van der Waals surface area contributed by atoms with Gasteiger partial charge in [0.05, 0.1) is 5.56 Å². The molecule has 1 aromatic heterocycles. The van der Waals surface area contributed by atoms with Gasteiger partial charge in [0.25, 0.3) is 5.56 Å². The van der Waals surface area contributed by atoms with Gasteiger partial charge in [-0.3, -0.25) is 4.79 Å². The molecule has 19 heavy (non-hydrogen) atoms. The maximum Gasteiger partial charge on any atom is 0.337 e. The summed E-state index contributed by atoms with van der Waals surface area (Å²) in [7, 11) is 0. The number of aromatic carboxylic acids is 1. The first kappa shape index (κ1) is 14.2. The van der Waals surface area contributed by atoms with Crippen molar-refractivity contribution in [3.05, 3.63) is 34.2 Å².